The van der Waals surface area contributed by atoms with Crippen LogP contribution in [0.2, 0.25) is 0 Å². The van der Waals surface area contributed by atoms with Crippen LogP contribution in [0.3, 0.4) is 0 Å². The average Bonchev–Trinajstić information content (AvgIpc) is 2.61. The van der Waals surface area contributed by atoms with Crippen LogP contribution in [0, 0.1) is 6.92 Å². The van der Waals surface area contributed by atoms with Gasteiger partial charge in [0.05, 0.1) is 6.04 Å². The predicted molar refractivity (Wildman–Crippen MR) is 106 cm³/mol. The summed E-state index contributed by atoms with van der Waals surface area (Å²) in [5, 5.41) is 10.0. The molecule has 4 nitrogen and oxygen atoms in total. The van der Waals surface area contributed by atoms with Crippen molar-refractivity contribution >= 4 is 0 Å². The highest BCUT2D eigenvalue weighted by molar-refractivity contribution is 5.36. The van der Waals surface area contributed by atoms with Crippen molar-refractivity contribution in [2.45, 2.75) is 38.9 Å². The first-order valence-corrected chi connectivity index (χ1v) is 9.31. The van der Waals surface area contributed by atoms with Crippen molar-refractivity contribution in [2.75, 3.05) is 19.6 Å². The van der Waals surface area contributed by atoms with Gasteiger partial charge in [-0.3, -0.25) is 14.8 Å². The van der Waals surface area contributed by atoms with Crippen molar-refractivity contribution in [1.82, 2.24) is 14.8 Å². The standard InChI is InChI=1S/C22H29N3O/c1-5-11-24-14-18(4)25(15-17(24)3)22(19-7-6-8-21(26)12-19)20-10-9-16(2)23-13-20/h5-10,12-13,17-18,22,26H,1,11,14-15H2,2-4H3. The fourth-order valence-electron chi connectivity index (χ4n) is 3.92. The summed E-state index contributed by atoms with van der Waals surface area (Å²) in [4.78, 5) is 9.52. The van der Waals surface area contributed by atoms with E-state index in [0.29, 0.717) is 17.8 Å². The Balaban J connectivity index is 1.98. The van der Waals surface area contributed by atoms with Crippen molar-refractivity contribution in [3.8, 4) is 5.75 Å². The molecule has 138 valence electrons. The third-order valence-electron chi connectivity index (χ3n) is 5.29. The highest BCUT2D eigenvalue weighted by atomic mass is 16.3. The summed E-state index contributed by atoms with van der Waals surface area (Å²) in [6.07, 6.45) is 3.95. The zero-order valence-electron chi connectivity index (χ0n) is 16.0. The van der Waals surface area contributed by atoms with Gasteiger partial charge in [0.2, 0.25) is 0 Å². The largest absolute Gasteiger partial charge is 0.508 e. The Morgan fingerprint density at radius 2 is 2.00 bits per heavy atom. The van der Waals surface area contributed by atoms with E-state index >= 15 is 0 Å². The number of nitrogens with zero attached hydrogens (tertiary/aromatic N) is 3. The number of aromatic nitrogens is 1. The lowest BCUT2D eigenvalue weighted by molar-refractivity contribution is 0.0305. The Hall–Kier alpha value is -2.17. The van der Waals surface area contributed by atoms with E-state index in [9.17, 15) is 5.11 Å². The first kappa shape index (κ1) is 18.6. The number of phenols is 1. The number of hydrogen-bond donors (Lipinski definition) is 1. The summed E-state index contributed by atoms with van der Waals surface area (Å²) >= 11 is 0. The smallest absolute Gasteiger partial charge is 0.115 e. The molecule has 0 bridgehead atoms. The number of phenolic OH excluding ortho intramolecular Hbond substituents is 1. The van der Waals surface area contributed by atoms with Gasteiger partial charge in [0.15, 0.2) is 0 Å². The summed E-state index contributed by atoms with van der Waals surface area (Å²) in [6.45, 7) is 13.3. The first-order valence-electron chi connectivity index (χ1n) is 9.31. The zero-order chi connectivity index (χ0) is 18.7. The van der Waals surface area contributed by atoms with E-state index in [2.05, 4.69) is 53.4 Å². The maximum absolute atomic E-state index is 10.0. The molecule has 1 saturated heterocycles. The summed E-state index contributed by atoms with van der Waals surface area (Å²) < 4.78 is 0. The molecule has 1 aromatic carbocycles. The summed E-state index contributed by atoms with van der Waals surface area (Å²) in [5.74, 6) is 0.304. The molecule has 0 spiro atoms. The van der Waals surface area contributed by atoms with Crippen molar-refractivity contribution in [2.24, 2.45) is 0 Å². The molecule has 0 saturated carbocycles. The molecule has 1 N–H and O–H groups in total. The van der Waals surface area contributed by atoms with Crippen molar-refractivity contribution in [3.63, 3.8) is 0 Å². The van der Waals surface area contributed by atoms with Gasteiger partial charge in [0.25, 0.3) is 0 Å². The van der Waals surface area contributed by atoms with Crippen LogP contribution < -0.4 is 0 Å². The van der Waals surface area contributed by atoms with Gasteiger partial charge in [-0.25, -0.2) is 0 Å². The van der Waals surface area contributed by atoms with Gasteiger partial charge < -0.3 is 5.11 Å². The number of aromatic hydroxyl groups is 1. The number of aryl methyl sites for hydroxylation is 1. The maximum atomic E-state index is 10.0. The van der Waals surface area contributed by atoms with Crippen molar-refractivity contribution in [3.05, 3.63) is 72.1 Å². The number of piperazine rings is 1. The van der Waals surface area contributed by atoms with Crippen LogP contribution in [0.4, 0.5) is 0 Å². The molecule has 0 amide bonds. The van der Waals surface area contributed by atoms with E-state index in [0.717, 1.165) is 36.5 Å². The number of pyridine rings is 1. The lowest BCUT2D eigenvalue weighted by atomic mass is 9.94. The summed E-state index contributed by atoms with van der Waals surface area (Å²) in [5.41, 5.74) is 3.28. The molecule has 3 rings (SSSR count). The molecular weight excluding hydrogens is 322 g/mol. The minimum absolute atomic E-state index is 0.0820. The van der Waals surface area contributed by atoms with Gasteiger partial charge in [0.1, 0.15) is 5.75 Å². The molecule has 1 aliphatic heterocycles. The van der Waals surface area contributed by atoms with Gasteiger partial charge in [-0.1, -0.05) is 24.3 Å². The second kappa shape index (κ2) is 8.02. The van der Waals surface area contributed by atoms with E-state index in [1.165, 1.54) is 0 Å². The molecule has 1 fully saturated rings. The lowest BCUT2D eigenvalue weighted by Crippen LogP contribution is -2.57. The summed E-state index contributed by atoms with van der Waals surface area (Å²) in [7, 11) is 0. The van der Waals surface area contributed by atoms with Crippen LogP contribution in [-0.4, -0.2) is 51.6 Å². The Bertz CT molecular complexity index is 743. The molecule has 2 aromatic rings. The van der Waals surface area contributed by atoms with Gasteiger partial charge >= 0.3 is 0 Å². The molecule has 3 unspecified atom stereocenters. The maximum Gasteiger partial charge on any atom is 0.115 e. The Kier molecular flexibility index (Phi) is 5.74. The van der Waals surface area contributed by atoms with Gasteiger partial charge in [0, 0.05) is 43.6 Å². The SMILES string of the molecule is C=CCN1CC(C)N(C(c2ccc(C)nc2)c2cccc(O)c2)CC1C. The highest BCUT2D eigenvalue weighted by Gasteiger charge is 2.34. The highest BCUT2D eigenvalue weighted by Crippen LogP contribution is 2.34. The van der Waals surface area contributed by atoms with Crippen molar-refractivity contribution in [1.29, 1.82) is 0 Å². The molecule has 3 atom stereocenters. The molecule has 4 heteroatoms. The molecule has 26 heavy (non-hydrogen) atoms. The number of benzene rings is 1. The van der Waals surface area contributed by atoms with Crippen LogP contribution in [0.5, 0.6) is 5.75 Å². The van der Waals surface area contributed by atoms with Gasteiger partial charge in [-0.2, -0.15) is 0 Å². The quantitative estimate of drug-likeness (QED) is 0.833. The molecule has 0 aliphatic carbocycles. The normalized spacial score (nSPS) is 22.9. The topological polar surface area (TPSA) is 39.6 Å². The molecule has 1 aromatic heterocycles. The number of rotatable bonds is 5. The molecule has 1 aliphatic rings. The van der Waals surface area contributed by atoms with Crippen LogP contribution in [-0.2, 0) is 0 Å². The minimum Gasteiger partial charge on any atom is -0.508 e. The average molecular weight is 351 g/mol. The number of hydrogen-bond acceptors (Lipinski definition) is 4. The van der Waals surface area contributed by atoms with E-state index in [1.807, 2.05) is 31.3 Å². The van der Waals surface area contributed by atoms with E-state index < -0.39 is 0 Å². The molecule has 0 radical (unpaired) electrons. The van der Waals surface area contributed by atoms with E-state index in [-0.39, 0.29) is 6.04 Å². The third kappa shape index (κ3) is 3.97. The van der Waals surface area contributed by atoms with Crippen molar-refractivity contribution < 1.29 is 5.11 Å². The first-order chi connectivity index (χ1) is 12.5. The van der Waals surface area contributed by atoms with Crippen LogP contribution in [0.15, 0.2) is 55.3 Å². The second-order valence-corrected chi connectivity index (χ2v) is 7.37. The van der Waals surface area contributed by atoms with Crippen LogP contribution in [0.25, 0.3) is 0 Å². The van der Waals surface area contributed by atoms with E-state index in [4.69, 9.17) is 0 Å². The van der Waals surface area contributed by atoms with E-state index in [1.54, 1.807) is 6.07 Å². The Labute approximate surface area is 156 Å². The zero-order valence-corrected chi connectivity index (χ0v) is 16.0. The van der Waals surface area contributed by atoms with Crippen LogP contribution in [0.1, 0.15) is 36.7 Å². The Morgan fingerprint density at radius 3 is 2.65 bits per heavy atom. The second-order valence-electron chi connectivity index (χ2n) is 7.37. The van der Waals surface area contributed by atoms with Crippen LogP contribution >= 0.6 is 0 Å². The monoisotopic (exact) mass is 351 g/mol. The van der Waals surface area contributed by atoms with Gasteiger partial charge in [-0.05, 0) is 50.1 Å². The summed E-state index contributed by atoms with van der Waals surface area (Å²) in [6, 6.07) is 12.7. The molecular formula is C22H29N3O. The Morgan fingerprint density at radius 1 is 1.19 bits per heavy atom. The van der Waals surface area contributed by atoms with Gasteiger partial charge in [-0.15, -0.1) is 6.58 Å². The predicted octanol–water partition coefficient (Wildman–Crippen LogP) is 3.77. The fourth-order valence-corrected chi connectivity index (χ4v) is 3.92. The minimum atomic E-state index is 0.0820. The lowest BCUT2D eigenvalue weighted by Gasteiger charge is -2.47. The fraction of sp³-hybridized carbons (Fsp3) is 0.409. The molecule has 2 heterocycles. The third-order valence-corrected chi connectivity index (χ3v) is 5.29.